The quantitative estimate of drug-likeness (QED) is 0.541. The minimum Gasteiger partial charge on any atom is -0.349 e. The van der Waals surface area contributed by atoms with Gasteiger partial charge < -0.3 is 10.3 Å². The first kappa shape index (κ1) is 14.5. The van der Waals surface area contributed by atoms with Crippen LogP contribution in [0.2, 0.25) is 0 Å². The highest BCUT2D eigenvalue weighted by Gasteiger charge is 2.14. The van der Waals surface area contributed by atoms with Crippen molar-refractivity contribution in [3.63, 3.8) is 0 Å². The molecule has 0 aromatic carbocycles. The van der Waals surface area contributed by atoms with Crippen LogP contribution in [0.25, 0.3) is 11.0 Å². The molecule has 23 heavy (non-hydrogen) atoms. The zero-order chi connectivity index (χ0) is 16.7. The van der Waals surface area contributed by atoms with Crippen LogP contribution >= 0.6 is 0 Å². The van der Waals surface area contributed by atoms with E-state index in [0.717, 1.165) is 4.57 Å². The summed E-state index contributed by atoms with van der Waals surface area (Å²) in [7, 11) is 2.85. The third-order valence-corrected chi connectivity index (χ3v) is 3.43. The van der Waals surface area contributed by atoms with Gasteiger partial charge in [-0.15, -0.1) is 0 Å². The molecular weight excluding hydrogens is 304 g/mol. The van der Waals surface area contributed by atoms with Gasteiger partial charge in [0, 0.05) is 26.5 Å². The summed E-state index contributed by atoms with van der Waals surface area (Å²) in [5.74, 6) is 0. The largest absolute Gasteiger partial charge is 0.349 e. The molecule has 3 rings (SSSR count). The molecular formula is C13H12N6O4. The van der Waals surface area contributed by atoms with Crippen LogP contribution in [0.3, 0.4) is 0 Å². The number of H-pyrrole nitrogens is 2. The van der Waals surface area contributed by atoms with Crippen LogP contribution in [-0.4, -0.2) is 24.1 Å². The molecule has 0 atom stereocenters. The summed E-state index contributed by atoms with van der Waals surface area (Å²) < 4.78 is 2.19. The van der Waals surface area contributed by atoms with E-state index in [1.807, 2.05) is 0 Å². The molecule has 0 spiro atoms. The number of fused-ring (bicyclic) bond motifs is 1. The molecule has 3 N–H and O–H groups in total. The Morgan fingerprint density at radius 2 is 1.83 bits per heavy atom. The van der Waals surface area contributed by atoms with E-state index in [1.165, 1.54) is 37.1 Å². The van der Waals surface area contributed by atoms with E-state index in [-0.39, 0.29) is 16.7 Å². The Bertz CT molecular complexity index is 1150. The highest BCUT2D eigenvalue weighted by atomic mass is 16.2. The fraction of sp³-hybridized carbons (Fsp3) is 0.154. The fourth-order valence-corrected chi connectivity index (χ4v) is 2.24. The van der Waals surface area contributed by atoms with Gasteiger partial charge in [-0.2, -0.15) is 0 Å². The van der Waals surface area contributed by atoms with Gasteiger partial charge in [0.25, 0.3) is 11.1 Å². The standard InChI is InChI=1S/C13H12N6O4/c1-18-9-8(11(21)19(2)13(18)23)6(3-4-14-9)16-7-5-15-12(22)17-10(7)20/h3-5H,1-2H3,(H,14,16)(H2,15,17,20,22). The van der Waals surface area contributed by atoms with Crippen molar-refractivity contribution < 1.29 is 0 Å². The third-order valence-electron chi connectivity index (χ3n) is 3.43. The second kappa shape index (κ2) is 5.09. The molecule has 0 amide bonds. The van der Waals surface area contributed by atoms with Gasteiger partial charge in [-0.3, -0.25) is 23.7 Å². The predicted octanol–water partition coefficient (Wildman–Crippen LogP) is -1.25. The summed E-state index contributed by atoms with van der Waals surface area (Å²) in [6, 6.07) is 1.50. The molecule has 0 aliphatic rings. The highest BCUT2D eigenvalue weighted by molar-refractivity contribution is 5.90. The Kier molecular flexibility index (Phi) is 3.21. The van der Waals surface area contributed by atoms with Gasteiger partial charge in [-0.25, -0.2) is 14.6 Å². The second-order valence-corrected chi connectivity index (χ2v) is 4.87. The predicted molar refractivity (Wildman–Crippen MR) is 83.2 cm³/mol. The van der Waals surface area contributed by atoms with Crippen molar-refractivity contribution in [2.45, 2.75) is 0 Å². The van der Waals surface area contributed by atoms with E-state index < -0.39 is 22.5 Å². The molecule has 0 saturated carbocycles. The molecule has 0 aliphatic heterocycles. The first-order chi connectivity index (χ1) is 10.9. The van der Waals surface area contributed by atoms with Gasteiger partial charge >= 0.3 is 11.4 Å². The number of aryl methyl sites for hydroxylation is 1. The van der Waals surface area contributed by atoms with Crippen molar-refractivity contribution >= 4 is 22.4 Å². The second-order valence-electron chi connectivity index (χ2n) is 4.87. The molecule has 3 aromatic rings. The lowest BCUT2D eigenvalue weighted by Crippen LogP contribution is -2.37. The van der Waals surface area contributed by atoms with Crippen LogP contribution in [0.1, 0.15) is 0 Å². The van der Waals surface area contributed by atoms with Crippen molar-refractivity contribution in [2.75, 3.05) is 5.32 Å². The van der Waals surface area contributed by atoms with Gasteiger partial charge in [0.05, 0.1) is 5.69 Å². The van der Waals surface area contributed by atoms with E-state index >= 15 is 0 Å². The number of hydrogen-bond acceptors (Lipinski definition) is 6. The molecule has 0 radical (unpaired) electrons. The maximum absolute atomic E-state index is 12.4. The van der Waals surface area contributed by atoms with Crippen molar-refractivity contribution in [2.24, 2.45) is 14.1 Å². The Morgan fingerprint density at radius 1 is 1.09 bits per heavy atom. The normalized spacial score (nSPS) is 10.9. The van der Waals surface area contributed by atoms with Crippen LogP contribution in [-0.2, 0) is 14.1 Å². The molecule has 3 heterocycles. The summed E-state index contributed by atoms with van der Waals surface area (Å²) >= 11 is 0. The van der Waals surface area contributed by atoms with Crippen molar-refractivity contribution in [3.8, 4) is 0 Å². The van der Waals surface area contributed by atoms with E-state index in [4.69, 9.17) is 0 Å². The lowest BCUT2D eigenvalue weighted by atomic mass is 10.2. The summed E-state index contributed by atoms with van der Waals surface area (Å²) in [6.07, 6.45) is 2.60. The zero-order valence-corrected chi connectivity index (χ0v) is 12.2. The van der Waals surface area contributed by atoms with Gasteiger partial charge in [0.1, 0.15) is 11.1 Å². The van der Waals surface area contributed by atoms with Crippen LogP contribution in [0.4, 0.5) is 11.4 Å². The first-order valence-electron chi connectivity index (χ1n) is 6.54. The summed E-state index contributed by atoms with van der Waals surface area (Å²) in [5.41, 5.74) is -1.80. The Balaban J connectivity index is 2.31. The molecule has 0 aliphatic carbocycles. The number of aromatic amines is 2. The van der Waals surface area contributed by atoms with Crippen LogP contribution in [0.5, 0.6) is 0 Å². The van der Waals surface area contributed by atoms with Crippen LogP contribution < -0.4 is 27.8 Å². The molecule has 10 nitrogen and oxygen atoms in total. The van der Waals surface area contributed by atoms with Crippen LogP contribution in [0.15, 0.2) is 37.6 Å². The molecule has 0 saturated heterocycles. The number of pyridine rings is 1. The lowest BCUT2D eigenvalue weighted by Gasteiger charge is -2.11. The number of aromatic nitrogens is 5. The van der Waals surface area contributed by atoms with E-state index in [2.05, 4.69) is 20.3 Å². The van der Waals surface area contributed by atoms with E-state index in [9.17, 15) is 19.2 Å². The third kappa shape index (κ3) is 2.25. The molecule has 0 bridgehead atoms. The average molecular weight is 316 g/mol. The van der Waals surface area contributed by atoms with Gasteiger partial charge in [0.15, 0.2) is 5.65 Å². The fourth-order valence-electron chi connectivity index (χ4n) is 2.24. The number of hydrogen-bond donors (Lipinski definition) is 3. The molecule has 3 aromatic heterocycles. The number of nitrogens with zero attached hydrogens (tertiary/aromatic N) is 3. The van der Waals surface area contributed by atoms with Crippen molar-refractivity contribution in [1.29, 1.82) is 0 Å². The number of nitrogens with one attached hydrogen (secondary N) is 3. The summed E-state index contributed by atoms with van der Waals surface area (Å²) in [5, 5.41) is 2.93. The minimum absolute atomic E-state index is 0.0491. The summed E-state index contributed by atoms with van der Waals surface area (Å²) in [4.78, 5) is 55.6. The van der Waals surface area contributed by atoms with Crippen LogP contribution in [0, 0.1) is 0 Å². The first-order valence-corrected chi connectivity index (χ1v) is 6.54. The zero-order valence-electron chi connectivity index (χ0n) is 12.2. The topological polar surface area (TPSA) is 135 Å². The van der Waals surface area contributed by atoms with Gasteiger partial charge in [-0.05, 0) is 6.07 Å². The van der Waals surface area contributed by atoms with E-state index in [0.29, 0.717) is 5.69 Å². The van der Waals surface area contributed by atoms with Crippen molar-refractivity contribution in [1.82, 2.24) is 24.1 Å². The molecule has 0 unspecified atom stereocenters. The minimum atomic E-state index is -0.640. The number of anilines is 2. The monoisotopic (exact) mass is 316 g/mol. The highest BCUT2D eigenvalue weighted by Crippen LogP contribution is 2.19. The smallest absolute Gasteiger partial charge is 0.332 e. The van der Waals surface area contributed by atoms with Gasteiger partial charge in [-0.1, -0.05) is 0 Å². The Hall–Kier alpha value is -3.43. The lowest BCUT2D eigenvalue weighted by molar-refractivity contribution is 0.708. The van der Waals surface area contributed by atoms with Crippen molar-refractivity contribution in [3.05, 3.63) is 60.1 Å². The SMILES string of the molecule is Cn1c(=O)c2c(Nc3c[nH]c(=O)[nH]c3=O)ccnc2n(C)c1=O. The molecule has 0 fully saturated rings. The number of rotatable bonds is 2. The molecule has 10 heteroatoms. The maximum atomic E-state index is 12.4. The molecule has 118 valence electrons. The summed E-state index contributed by atoms with van der Waals surface area (Å²) in [6.45, 7) is 0. The Morgan fingerprint density at radius 3 is 2.52 bits per heavy atom. The van der Waals surface area contributed by atoms with Gasteiger partial charge in [0.2, 0.25) is 0 Å². The Labute approximate surface area is 127 Å². The van der Waals surface area contributed by atoms with E-state index in [1.54, 1.807) is 0 Å². The average Bonchev–Trinajstić information content (AvgIpc) is 2.53. The maximum Gasteiger partial charge on any atom is 0.332 e.